The zero-order chi connectivity index (χ0) is 27.6. The molecule has 7 heteroatoms. The largest absolute Gasteiger partial charge is 0.500 e. The number of hydrogen-bond acceptors (Lipinski definition) is 5. The number of oxazole rings is 1. The van der Waals surface area contributed by atoms with Crippen molar-refractivity contribution in [2.24, 2.45) is 0 Å². The van der Waals surface area contributed by atoms with E-state index in [1.165, 1.54) is 22.1 Å². The monoisotopic (exact) mass is 643 g/mol. The fourth-order valence-electron chi connectivity index (χ4n) is 6.43. The van der Waals surface area contributed by atoms with Gasteiger partial charge in [0.15, 0.2) is 0 Å². The van der Waals surface area contributed by atoms with E-state index in [4.69, 9.17) is 4.42 Å². The van der Waals surface area contributed by atoms with Gasteiger partial charge in [-0.15, -0.1) is 48.3 Å². The predicted molar refractivity (Wildman–Crippen MR) is 169 cm³/mol. The van der Waals surface area contributed by atoms with Crippen LogP contribution in [0.5, 0.6) is 0 Å². The number of benzene rings is 5. The van der Waals surface area contributed by atoms with Crippen LogP contribution in [-0.4, -0.2) is 11.8 Å². The molecule has 3 aliphatic rings. The van der Waals surface area contributed by atoms with E-state index in [0.29, 0.717) is 5.89 Å². The van der Waals surface area contributed by atoms with E-state index in [1.807, 2.05) is 12.1 Å². The molecule has 0 bridgehead atoms. The molecule has 5 nitrogen and oxygen atoms in total. The van der Waals surface area contributed by atoms with Crippen molar-refractivity contribution >= 4 is 40.5 Å². The van der Waals surface area contributed by atoms with Crippen molar-refractivity contribution in [3.8, 4) is 33.7 Å². The molecule has 0 atom stereocenters. The molecule has 0 amide bonds. The van der Waals surface area contributed by atoms with E-state index in [0.717, 1.165) is 39.4 Å². The third kappa shape index (κ3) is 4.00. The molecule has 0 fully saturated rings. The molecule has 0 aliphatic carbocycles. The van der Waals surface area contributed by atoms with Crippen molar-refractivity contribution in [1.29, 1.82) is 0 Å². The van der Waals surface area contributed by atoms with Crippen LogP contribution in [0.2, 0.25) is 0 Å². The van der Waals surface area contributed by atoms with Crippen molar-refractivity contribution < 1.29 is 24.8 Å². The Labute approximate surface area is 264 Å². The number of hydrogen-bond donors (Lipinski definition) is 0. The maximum atomic E-state index is 5.68. The minimum Gasteiger partial charge on any atom is -0.500 e. The third-order valence-corrected chi connectivity index (χ3v) is 8.30. The molecule has 6 aromatic rings. The molecule has 1 aromatic heterocycles. The SMILES string of the molecule is [Pd].[c-]1c(-c2ncco2)ccc2c1N1B(c3ccccc3-2)c2ccccc2-c2ccc(N3C=CN(c4ccccc4)[CH-]3)[c-]c21. The van der Waals surface area contributed by atoms with Crippen molar-refractivity contribution in [3.05, 3.63) is 147 Å². The van der Waals surface area contributed by atoms with Gasteiger partial charge >= 0.3 is 6.85 Å². The summed E-state index contributed by atoms with van der Waals surface area (Å²) >= 11 is 0. The van der Waals surface area contributed by atoms with Gasteiger partial charge in [-0.2, -0.15) is 6.07 Å². The Morgan fingerprint density at radius 3 is 2.02 bits per heavy atom. The first-order chi connectivity index (χ1) is 20.8. The van der Waals surface area contributed by atoms with Gasteiger partial charge in [-0.3, -0.25) is 4.98 Å². The molecule has 5 aromatic carbocycles. The summed E-state index contributed by atoms with van der Waals surface area (Å²) < 4.78 is 5.68. The standard InChI is InChI=1S/C36H22BN4O.Pd/c1-2-8-26(9-3-1)39-19-20-40(24-39)27-15-17-31-29-11-5-7-13-33(29)37-32-12-6-4-10-28(32)30-16-14-25(36-38-18-21-42-36)22-34(30)41(37)35(31)23-27;/h1-21,24H;/q-3;. The fourth-order valence-corrected chi connectivity index (χ4v) is 6.43. The molecule has 208 valence electrons. The molecule has 43 heavy (non-hydrogen) atoms. The minimum absolute atomic E-state index is 0. The quantitative estimate of drug-likeness (QED) is 0.157. The Hall–Kier alpha value is -4.82. The first-order valence-electron chi connectivity index (χ1n) is 14.0. The van der Waals surface area contributed by atoms with Gasteiger partial charge in [-0.25, -0.2) is 0 Å². The van der Waals surface area contributed by atoms with Crippen LogP contribution in [0.3, 0.4) is 0 Å². The van der Waals surface area contributed by atoms with E-state index in [9.17, 15) is 0 Å². The summed E-state index contributed by atoms with van der Waals surface area (Å²) in [6.07, 6.45) is 7.42. The summed E-state index contributed by atoms with van der Waals surface area (Å²) in [5.74, 6) is 0.557. The minimum atomic E-state index is -0.0288. The number of aromatic nitrogens is 1. The Morgan fingerprint density at radius 2 is 1.30 bits per heavy atom. The van der Waals surface area contributed by atoms with Gasteiger partial charge < -0.3 is 19.0 Å². The molecule has 0 unspecified atom stereocenters. The maximum Gasteiger partial charge on any atom is 0.324 e. The van der Waals surface area contributed by atoms with Gasteiger partial charge in [0.1, 0.15) is 5.89 Å². The number of rotatable bonds is 3. The van der Waals surface area contributed by atoms with Crippen LogP contribution in [0.25, 0.3) is 33.7 Å². The molecule has 9 rings (SSSR count). The molecule has 3 aliphatic heterocycles. The summed E-state index contributed by atoms with van der Waals surface area (Å²) in [6, 6.07) is 43.9. The third-order valence-electron chi connectivity index (χ3n) is 8.30. The Bertz CT molecular complexity index is 2010. The zero-order valence-corrected chi connectivity index (χ0v) is 24.3. The predicted octanol–water partition coefficient (Wildman–Crippen LogP) is 6.76. The summed E-state index contributed by atoms with van der Waals surface area (Å²) in [6.45, 7) is 2.06. The van der Waals surface area contributed by atoms with Gasteiger partial charge in [0, 0.05) is 26.1 Å². The zero-order valence-electron chi connectivity index (χ0n) is 22.8. The molecular weight excluding hydrogens is 622 g/mol. The van der Waals surface area contributed by atoms with Gasteiger partial charge in [0.25, 0.3) is 0 Å². The van der Waals surface area contributed by atoms with Gasteiger partial charge in [-0.05, 0) is 24.5 Å². The summed E-state index contributed by atoms with van der Waals surface area (Å²) in [5, 5.41) is 0. The molecule has 0 N–H and O–H groups in total. The van der Waals surface area contributed by atoms with Crippen LogP contribution in [0.15, 0.2) is 132 Å². The summed E-state index contributed by atoms with van der Waals surface area (Å²) in [7, 11) is 0. The number of anilines is 4. The summed E-state index contributed by atoms with van der Waals surface area (Å²) in [4.78, 5) is 11.1. The van der Waals surface area contributed by atoms with Gasteiger partial charge in [0.2, 0.25) is 0 Å². The molecule has 0 spiro atoms. The van der Waals surface area contributed by atoms with Crippen LogP contribution >= 0.6 is 0 Å². The van der Waals surface area contributed by atoms with Gasteiger partial charge in [0.05, 0.1) is 12.5 Å². The van der Waals surface area contributed by atoms with Crippen molar-refractivity contribution in [1.82, 2.24) is 4.98 Å². The van der Waals surface area contributed by atoms with E-state index >= 15 is 0 Å². The maximum absolute atomic E-state index is 5.68. The Kier molecular flexibility index (Phi) is 6.11. The first-order valence-corrected chi connectivity index (χ1v) is 14.0. The van der Waals surface area contributed by atoms with Crippen molar-refractivity contribution in [2.75, 3.05) is 14.6 Å². The smallest absolute Gasteiger partial charge is 0.324 e. The topological polar surface area (TPSA) is 35.8 Å². The second-order valence-corrected chi connectivity index (χ2v) is 10.6. The number of para-hydroxylation sites is 1. The van der Waals surface area contributed by atoms with Crippen LogP contribution in [-0.2, 0) is 20.4 Å². The molecule has 0 saturated carbocycles. The van der Waals surface area contributed by atoms with E-state index in [-0.39, 0.29) is 27.3 Å². The van der Waals surface area contributed by atoms with Crippen LogP contribution in [0.4, 0.5) is 22.7 Å². The Morgan fingerprint density at radius 1 is 0.651 bits per heavy atom. The first kappa shape index (κ1) is 25.9. The second kappa shape index (κ2) is 10.2. The average molecular weight is 644 g/mol. The fraction of sp³-hybridized carbons (Fsp3) is 0. The molecular formula is C36H22BN4OPd-3. The second-order valence-electron chi connectivity index (χ2n) is 10.6. The molecule has 0 saturated heterocycles. The van der Waals surface area contributed by atoms with Crippen LogP contribution < -0.4 is 25.5 Å². The van der Waals surface area contributed by atoms with Crippen molar-refractivity contribution in [2.45, 2.75) is 0 Å². The van der Waals surface area contributed by atoms with E-state index < -0.39 is 0 Å². The van der Waals surface area contributed by atoms with Gasteiger partial charge in [-0.1, -0.05) is 111 Å². The van der Waals surface area contributed by atoms with E-state index in [2.05, 4.69) is 142 Å². The number of nitrogens with zero attached hydrogens (tertiary/aromatic N) is 4. The molecule has 4 heterocycles. The average Bonchev–Trinajstić information content (AvgIpc) is 3.78. The van der Waals surface area contributed by atoms with E-state index in [1.54, 1.807) is 12.5 Å². The number of fused-ring (bicyclic) bond motifs is 11. The van der Waals surface area contributed by atoms with Crippen molar-refractivity contribution in [3.63, 3.8) is 0 Å². The normalized spacial score (nSPS) is 14.0. The van der Waals surface area contributed by atoms with Crippen LogP contribution in [0.1, 0.15) is 0 Å². The Balaban J connectivity index is 0.00000278. The summed E-state index contributed by atoms with van der Waals surface area (Å²) in [5.41, 5.74) is 12.2. The molecule has 0 radical (unpaired) electrons. The van der Waals surface area contributed by atoms with Crippen LogP contribution in [0, 0.1) is 18.8 Å².